The van der Waals surface area contributed by atoms with Crippen LogP contribution in [0.1, 0.15) is 28.9 Å². The highest BCUT2D eigenvalue weighted by molar-refractivity contribution is 6.36. The summed E-state index contributed by atoms with van der Waals surface area (Å²) in [6.07, 6.45) is 3.92. The van der Waals surface area contributed by atoms with E-state index in [1.54, 1.807) is 6.92 Å². The maximum atomic E-state index is 12.9. The molecule has 0 aliphatic carbocycles. The third-order valence-corrected chi connectivity index (χ3v) is 4.47. The van der Waals surface area contributed by atoms with E-state index in [-0.39, 0.29) is 30.6 Å². The Kier molecular flexibility index (Phi) is 8.45. The Balaban J connectivity index is 2.24. The summed E-state index contributed by atoms with van der Waals surface area (Å²) in [4.78, 5) is 79.6. The van der Waals surface area contributed by atoms with Crippen molar-refractivity contribution < 1.29 is 24.0 Å². The van der Waals surface area contributed by atoms with Gasteiger partial charge < -0.3 is 25.3 Å². The number of ketones is 1. The summed E-state index contributed by atoms with van der Waals surface area (Å²) in [5.74, 6) is -3.05. The van der Waals surface area contributed by atoms with E-state index < -0.39 is 35.1 Å². The molecule has 0 aromatic carbocycles. The maximum absolute atomic E-state index is 12.9. The molecule has 2 rings (SSSR count). The van der Waals surface area contributed by atoms with E-state index >= 15 is 0 Å². The Bertz CT molecular complexity index is 1100. The Morgan fingerprint density at radius 2 is 2.00 bits per heavy atom. The van der Waals surface area contributed by atoms with Gasteiger partial charge in [0.15, 0.2) is 0 Å². The van der Waals surface area contributed by atoms with Crippen LogP contribution >= 0.6 is 0 Å². The largest absolute Gasteiger partial charge is 0.353 e. The average molecular weight is 442 g/mol. The third-order valence-electron chi connectivity index (χ3n) is 4.47. The van der Waals surface area contributed by atoms with Crippen LogP contribution in [0.4, 0.5) is 5.69 Å². The molecule has 0 aliphatic heterocycles. The summed E-state index contributed by atoms with van der Waals surface area (Å²) in [5.41, 5.74) is -0.240. The fourth-order valence-corrected chi connectivity index (χ4v) is 2.72. The van der Waals surface area contributed by atoms with Gasteiger partial charge in [0.1, 0.15) is 24.3 Å². The molecule has 3 N–H and O–H groups in total. The second kappa shape index (κ2) is 11.2. The van der Waals surface area contributed by atoms with Crippen LogP contribution < -0.4 is 21.5 Å². The lowest BCUT2D eigenvalue weighted by Crippen LogP contribution is -2.45. The first-order valence-corrected chi connectivity index (χ1v) is 9.54. The first kappa shape index (κ1) is 24.1. The maximum Gasteiger partial charge on any atom is 0.287 e. The van der Waals surface area contributed by atoms with Crippen molar-refractivity contribution in [3.63, 3.8) is 0 Å². The smallest absolute Gasteiger partial charge is 0.287 e. The van der Waals surface area contributed by atoms with Crippen molar-refractivity contribution in [2.75, 3.05) is 12.4 Å². The number of carbonyl (C=O) groups is 5. The minimum absolute atomic E-state index is 0.115. The van der Waals surface area contributed by atoms with Crippen LogP contribution in [0, 0.1) is 6.92 Å². The molecule has 0 bridgehead atoms. The summed E-state index contributed by atoms with van der Waals surface area (Å²) in [6, 6.07) is 1.55. The molecule has 0 aliphatic rings. The number of amides is 3. The van der Waals surface area contributed by atoms with Gasteiger partial charge in [-0.2, -0.15) is 0 Å². The van der Waals surface area contributed by atoms with Gasteiger partial charge in [-0.05, 0) is 25.5 Å². The van der Waals surface area contributed by atoms with Crippen molar-refractivity contribution in [2.45, 2.75) is 32.4 Å². The first-order valence-electron chi connectivity index (χ1n) is 9.54. The predicted octanol–water partition coefficient (Wildman–Crippen LogP) is -1.02. The number of pyridine rings is 1. The van der Waals surface area contributed by atoms with Crippen LogP contribution in [0.25, 0.3) is 0 Å². The predicted molar refractivity (Wildman–Crippen MR) is 112 cm³/mol. The summed E-state index contributed by atoms with van der Waals surface area (Å²) in [5, 5.41) is 7.08. The summed E-state index contributed by atoms with van der Waals surface area (Å²) in [6.45, 7) is 1.39. The number of hydrogen-bond donors (Lipinski definition) is 3. The zero-order chi connectivity index (χ0) is 23.7. The number of hydrogen-bond acceptors (Lipinski definition) is 8. The Morgan fingerprint density at radius 1 is 1.25 bits per heavy atom. The van der Waals surface area contributed by atoms with Gasteiger partial charge in [-0.3, -0.25) is 24.0 Å². The number of carbonyl (C=O) groups excluding carboxylic acids is 5. The Hall–Kier alpha value is -4.22. The number of Topliss-reactive ketones (excluding diaryl/α,β-unsaturated/α-hetero) is 1. The molecule has 168 valence electrons. The van der Waals surface area contributed by atoms with E-state index in [4.69, 9.17) is 0 Å². The van der Waals surface area contributed by atoms with Gasteiger partial charge in [-0.25, -0.2) is 9.97 Å². The second-order valence-corrected chi connectivity index (χ2v) is 6.62. The lowest BCUT2D eigenvalue weighted by atomic mass is 10.1. The van der Waals surface area contributed by atoms with E-state index in [0.717, 1.165) is 4.57 Å². The van der Waals surface area contributed by atoms with Crippen molar-refractivity contribution >= 4 is 35.5 Å². The van der Waals surface area contributed by atoms with Crippen LogP contribution in [0.5, 0.6) is 0 Å². The highest BCUT2D eigenvalue weighted by Gasteiger charge is 2.25. The molecule has 0 spiro atoms. The molecule has 2 aromatic rings. The molecule has 3 amide bonds. The van der Waals surface area contributed by atoms with Gasteiger partial charge in [0.2, 0.25) is 11.7 Å². The zero-order valence-corrected chi connectivity index (χ0v) is 17.5. The number of nitrogens with one attached hydrogen (secondary N) is 3. The molecule has 0 fully saturated rings. The topological polar surface area (TPSA) is 169 Å². The van der Waals surface area contributed by atoms with Crippen molar-refractivity contribution in [1.29, 1.82) is 0 Å². The normalized spacial score (nSPS) is 11.2. The first-order chi connectivity index (χ1) is 15.3. The van der Waals surface area contributed by atoms with Crippen LogP contribution in [0.3, 0.4) is 0 Å². The SMILES string of the molecule is CNC(=O)C(=O)CCC(NC(=O)c1cncnc1C)C(=O)Nc1cccn(CC=O)c1=O. The van der Waals surface area contributed by atoms with Gasteiger partial charge in [-0.15, -0.1) is 0 Å². The van der Waals surface area contributed by atoms with E-state index in [1.807, 2.05) is 0 Å². The number of nitrogens with zero attached hydrogens (tertiary/aromatic N) is 3. The Morgan fingerprint density at radius 3 is 2.66 bits per heavy atom. The van der Waals surface area contributed by atoms with Crippen LogP contribution in [0.15, 0.2) is 35.6 Å². The minimum atomic E-state index is -1.25. The van der Waals surface area contributed by atoms with Gasteiger partial charge >= 0.3 is 0 Å². The molecular weight excluding hydrogens is 420 g/mol. The van der Waals surface area contributed by atoms with Crippen LogP contribution in [-0.2, 0) is 25.7 Å². The fraction of sp³-hybridized carbons (Fsp3) is 0.300. The molecule has 12 heteroatoms. The lowest BCUT2D eigenvalue weighted by molar-refractivity contribution is -0.137. The molecular formula is C20H22N6O6. The highest BCUT2D eigenvalue weighted by atomic mass is 16.2. The number of aldehydes is 1. The van der Waals surface area contributed by atoms with E-state index in [2.05, 4.69) is 25.9 Å². The molecule has 2 aromatic heterocycles. The number of aromatic nitrogens is 3. The molecule has 1 unspecified atom stereocenters. The van der Waals surface area contributed by atoms with E-state index in [1.165, 1.54) is 37.9 Å². The fourth-order valence-electron chi connectivity index (χ4n) is 2.72. The molecule has 1 atom stereocenters. The lowest BCUT2D eigenvalue weighted by Gasteiger charge is -2.18. The molecule has 0 saturated carbocycles. The van der Waals surface area contributed by atoms with Crippen molar-refractivity contribution in [3.8, 4) is 0 Å². The molecule has 32 heavy (non-hydrogen) atoms. The van der Waals surface area contributed by atoms with Gasteiger partial charge in [0.25, 0.3) is 17.4 Å². The van der Waals surface area contributed by atoms with Gasteiger partial charge in [0.05, 0.1) is 17.8 Å². The monoisotopic (exact) mass is 442 g/mol. The average Bonchev–Trinajstić information content (AvgIpc) is 2.78. The molecule has 2 heterocycles. The zero-order valence-electron chi connectivity index (χ0n) is 17.5. The number of rotatable bonds is 10. The number of anilines is 1. The summed E-state index contributed by atoms with van der Waals surface area (Å²) >= 11 is 0. The second-order valence-electron chi connectivity index (χ2n) is 6.62. The minimum Gasteiger partial charge on any atom is -0.353 e. The molecule has 12 nitrogen and oxygen atoms in total. The highest BCUT2D eigenvalue weighted by Crippen LogP contribution is 2.08. The van der Waals surface area contributed by atoms with Crippen LogP contribution in [-0.4, -0.2) is 57.4 Å². The van der Waals surface area contributed by atoms with Crippen molar-refractivity contribution in [1.82, 2.24) is 25.2 Å². The number of likely N-dealkylation sites (N-methyl/N-ethyl adjacent to an activating group) is 1. The molecule has 0 saturated heterocycles. The van der Waals surface area contributed by atoms with E-state index in [0.29, 0.717) is 12.0 Å². The van der Waals surface area contributed by atoms with E-state index in [9.17, 15) is 28.8 Å². The summed E-state index contributed by atoms with van der Waals surface area (Å²) in [7, 11) is 1.30. The van der Waals surface area contributed by atoms with Crippen molar-refractivity contribution in [2.24, 2.45) is 0 Å². The number of aryl methyl sites for hydroxylation is 1. The van der Waals surface area contributed by atoms with Crippen LogP contribution in [0.2, 0.25) is 0 Å². The van der Waals surface area contributed by atoms with Gasteiger partial charge in [0, 0.05) is 25.9 Å². The van der Waals surface area contributed by atoms with Crippen molar-refractivity contribution in [3.05, 3.63) is 52.5 Å². The molecule has 0 radical (unpaired) electrons. The standard InChI is InChI=1S/C20H22N6O6/c1-12-13(10-22-11-23-12)17(29)24-14(5-6-16(28)19(31)21-2)18(30)25-15-4-3-7-26(8-9-27)20(15)32/h3-4,7,9-11,14H,5-6,8H2,1-2H3,(H,21,31)(H,24,29)(H,25,30). The Labute approximate surface area is 182 Å². The quantitative estimate of drug-likeness (QED) is 0.310. The van der Waals surface area contributed by atoms with Gasteiger partial charge in [-0.1, -0.05) is 0 Å². The summed E-state index contributed by atoms with van der Waals surface area (Å²) < 4.78 is 1.09. The third kappa shape index (κ3) is 6.14.